The van der Waals surface area contributed by atoms with Crippen LogP contribution in [0.3, 0.4) is 0 Å². The molecule has 1 N–H and O–H groups in total. The second-order valence-corrected chi connectivity index (χ2v) is 8.92. The van der Waals surface area contributed by atoms with Crippen LogP contribution in [0.1, 0.15) is 38.6 Å². The van der Waals surface area contributed by atoms with Crippen LogP contribution in [0.2, 0.25) is 0 Å². The number of carbonyl (C=O) groups excluding carboxylic acids is 2. The molecule has 0 bridgehead atoms. The summed E-state index contributed by atoms with van der Waals surface area (Å²) in [5, 5.41) is 3.15. The Bertz CT molecular complexity index is 1200. The van der Waals surface area contributed by atoms with Gasteiger partial charge in [0.2, 0.25) is 0 Å². The maximum absolute atomic E-state index is 13.5. The minimum Gasteiger partial charge on any atom is -0.497 e. The Labute approximate surface area is 215 Å². The van der Waals surface area contributed by atoms with Crippen molar-refractivity contribution in [3.05, 3.63) is 89.5 Å². The number of hydrogen-bond donors (Lipinski definition) is 1. The first-order valence-corrected chi connectivity index (χ1v) is 12.1. The van der Waals surface area contributed by atoms with Gasteiger partial charge in [-0.1, -0.05) is 41.9 Å². The van der Waals surface area contributed by atoms with Crippen LogP contribution < -0.4 is 19.5 Å². The van der Waals surface area contributed by atoms with Gasteiger partial charge in [0, 0.05) is 29.6 Å². The number of nitrogens with zero attached hydrogens (tertiary/aromatic N) is 1. The van der Waals surface area contributed by atoms with Gasteiger partial charge < -0.3 is 24.4 Å². The highest BCUT2D eigenvalue weighted by molar-refractivity contribution is 6.22. The zero-order chi connectivity index (χ0) is 25.7. The van der Waals surface area contributed by atoms with Crippen LogP contribution in [0.4, 0.5) is 0 Å². The van der Waals surface area contributed by atoms with E-state index in [0.29, 0.717) is 41.3 Å². The quantitative estimate of drug-likeness (QED) is 0.369. The smallest absolute Gasteiger partial charge is 0.255 e. The predicted octanol–water partition coefficient (Wildman–Crippen LogP) is 4.71. The molecule has 3 aromatic carbocycles. The molecule has 1 aliphatic rings. The van der Waals surface area contributed by atoms with Crippen molar-refractivity contribution < 1.29 is 23.8 Å². The number of methoxy groups -OCH3 is 3. The first-order valence-electron chi connectivity index (χ1n) is 11.6. The molecule has 3 atom stereocenters. The lowest BCUT2D eigenvalue weighted by Crippen LogP contribution is -2.55. The van der Waals surface area contributed by atoms with Crippen molar-refractivity contribution in [3.8, 4) is 17.2 Å². The molecule has 188 valence electrons. The molecule has 0 aromatic heterocycles. The van der Waals surface area contributed by atoms with Crippen LogP contribution >= 0.6 is 11.6 Å². The summed E-state index contributed by atoms with van der Waals surface area (Å²) in [5.74, 6) is 0.970. The number of piperidine rings is 1. The average Bonchev–Trinajstić information content (AvgIpc) is 2.93. The molecular weight excluding hydrogens is 480 g/mol. The normalized spacial score (nSPS) is 19.3. The summed E-state index contributed by atoms with van der Waals surface area (Å²) in [4.78, 5) is 28.2. The minimum absolute atomic E-state index is 0.178. The molecule has 0 aliphatic carbocycles. The molecule has 1 fully saturated rings. The van der Waals surface area contributed by atoms with E-state index in [0.717, 1.165) is 5.56 Å². The Morgan fingerprint density at radius 2 is 1.56 bits per heavy atom. The molecule has 0 saturated carbocycles. The van der Waals surface area contributed by atoms with Gasteiger partial charge in [-0.05, 0) is 54.4 Å². The zero-order valence-corrected chi connectivity index (χ0v) is 21.2. The van der Waals surface area contributed by atoms with E-state index >= 15 is 0 Å². The van der Waals surface area contributed by atoms with Crippen LogP contribution in [0.5, 0.6) is 17.2 Å². The van der Waals surface area contributed by atoms with Gasteiger partial charge in [0.15, 0.2) is 11.5 Å². The first kappa shape index (κ1) is 25.4. The fourth-order valence-corrected chi connectivity index (χ4v) is 5.04. The van der Waals surface area contributed by atoms with E-state index in [1.165, 1.54) is 7.11 Å². The third-order valence-electron chi connectivity index (χ3n) is 6.45. The Hall–Kier alpha value is -3.71. The van der Waals surface area contributed by atoms with Gasteiger partial charge in [0.1, 0.15) is 11.3 Å². The molecule has 36 heavy (non-hydrogen) atoms. The van der Waals surface area contributed by atoms with E-state index in [1.807, 2.05) is 42.5 Å². The molecule has 2 amide bonds. The van der Waals surface area contributed by atoms with E-state index < -0.39 is 5.50 Å². The second-order valence-electron chi connectivity index (χ2n) is 8.47. The largest absolute Gasteiger partial charge is 0.497 e. The fraction of sp³-hybridized carbons (Fsp3) is 0.286. The number of hydrogen-bond acceptors (Lipinski definition) is 5. The molecular formula is C28H29ClN2O5. The molecule has 0 spiro atoms. The van der Waals surface area contributed by atoms with E-state index in [1.54, 1.807) is 49.5 Å². The summed E-state index contributed by atoms with van der Waals surface area (Å²) in [6.45, 7) is 0.383. The van der Waals surface area contributed by atoms with Crippen molar-refractivity contribution in [2.45, 2.75) is 23.9 Å². The molecule has 1 heterocycles. The molecule has 4 rings (SSSR count). The summed E-state index contributed by atoms with van der Waals surface area (Å²) in [5.41, 5.74) is 1.22. The SMILES string of the molecule is COc1ccc(C2C(NC(=O)c3ccccc3)CCN(C(=O)c3ccc(OC)c(OC)c3)C2Cl)cc1. The summed E-state index contributed by atoms with van der Waals surface area (Å²) in [6.07, 6.45) is 0.539. The molecule has 3 unspecified atom stereocenters. The Morgan fingerprint density at radius 3 is 2.19 bits per heavy atom. The predicted molar refractivity (Wildman–Crippen MR) is 138 cm³/mol. The first-order chi connectivity index (χ1) is 17.5. The van der Waals surface area contributed by atoms with Gasteiger partial charge in [-0.15, -0.1) is 0 Å². The molecule has 8 heteroatoms. The number of nitrogens with one attached hydrogen (secondary N) is 1. The standard InChI is InChI=1S/C28H29ClN2O5/c1-34-21-12-9-18(10-13-21)25-22(30-27(32)19-7-5-4-6-8-19)15-16-31(26(25)29)28(33)20-11-14-23(35-2)24(17-20)36-3/h4-14,17,22,25-26H,15-16H2,1-3H3,(H,30,32). The lowest BCUT2D eigenvalue weighted by molar-refractivity contribution is 0.0626. The molecule has 1 aliphatic heterocycles. The van der Waals surface area contributed by atoms with Crippen molar-refractivity contribution in [1.82, 2.24) is 10.2 Å². The maximum atomic E-state index is 13.5. The lowest BCUT2D eigenvalue weighted by atomic mass is 9.85. The van der Waals surface area contributed by atoms with E-state index in [2.05, 4.69) is 5.32 Å². The van der Waals surface area contributed by atoms with Crippen LogP contribution in [-0.2, 0) is 0 Å². The van der Waals surface area contributed by atoms with Gasteiger partial charge in [-0.3, -0.25) is 9.59 Å². The maximum Gasteiger partial charge on any atom is 0.255 e. The van der Waals surface area contributed by atoms with Gasteiger partial charge in [-0.2, -0.15) is 0 Å². The average molecular weight is 509 g/mol. The third-order valence-corrected chi connectivity index (χ3v) is 6.96. The number of ether oxygens (including phenoxy) is 3. The summed E-state index contributed by atoms with van der Waals surface area (Å²) >= 11 is 7.02. The Morgan fingerprint density at radius 1 is 0.861 bits per heavy atom. The van der Waals surface area contributed by atoms with Crippen molar-refractivity contribution >= 4 is 23.4 Å². The Balaban J connectivity index is 1.63. The highest BCUT2D eigenvalue weighted by atomic mass is 35.5. The minimum atomic E-state index is -0.700. The summed E-state index contributed by atoms with van der Waals surface area (Å²) in [7, 11) is 4.67. The lowest BCUT2D eigenvalue weighted by Gasteiger charge is -2.43. The number of likely N-dealkylation sites (tertiary alicyclic amines) is 1. The summed E-state index contributed by atoms with van der Waals surface area (Å²) in [6, 6.07) is 21.4. The van der Waals surface area contributed by atoms with Gasteiger partial charge in [0.05, 0.1) is 21.3 Å². The number of carbonyl (C=O) groups is 2. The Kier molecular flexibility index (Phi) is 8.00. The van der Waals surface area contributed by atoms with E-state index in [4.69, 9.17) is 25.8 Å². The van der Waals surface area contributed by atoms with Crippen LogP contribution in [0.15, 0.2) is 72.8 Å². The fourth-order valence-electron chi connectivity index (χ4n) is 4.54. The van der Waals surface area contributed by atoms with Gasteiger partial charge in [-0.25, -0.2) is 0 Å². The van der Waals surface area contributed by atoms with Crippen molar-refractivity contribution in [2.24, 2.45) is 0 Å². The number of benzene rings is 3. The van der Waals surface area contributed by atoms with Gasteiger partial charge >= 0.3 is 0 Å². The van der Waals surface area contributed by atoms with Crippen LogP contribution in [0.25, 0.3) is 0 Å². The van der Waals surface area contributed by atoms with Crippen molar-refractivity contribution in [1.29, 1.82) is 0 Å². The van der Waals surface area contributed by atoms with Gasteiger partial charge in [0.25, 0.3) is 11.8 Å². The van der Waals surface area contributed by atoms with E-state index in [9.17, 15) is 9.59 Å². The highest BCUT2D eigenvalue weighted by Gasteiger charge is 2.41. The van der Waals surface area contributed by atoms with Crippen LogP contribution in [0, 0.1) is 0 Å². The van der Waals surface area contributed by atoms with Crippen LogP contribution in [-0.4, -0.2) is 56.1 Å². The molecule has 0 radical (unpaired) electrons. The van der Waals surface area contributed by atoms with Crippen molar-refractivity contribution in [2.75, 3.05) is 27.9 Å². The highest BCUT2D eigenvalue weighted by Crippen LogP contribution is 2.37. The van der Waals surface area contributed by atoms with Crippen molar-refractivity contribution in [3.63, 3.8) is 0 Å². The number of rotatable bonds is 7. The number of amides is 2. The molecule has 3 aromatic rings. The third kappa shape index (κ3) is 5.26. The monoisotopic (exact) mass is 508 g/mol. The summed E-state index contributed by atoms with van der Waals surface area (Å²) < 4.78 is 16.0. The zero-order valence-electron chi connectivity index (χ0n) is 20.4. The second kappa shape index (κ2) is 11.4. The van der Waals surface area contributed by atoms with E-state index in [-0.39, 0.29) is 23.8 Å². The topological polar surface area (TPSA) is 77.1 Å². The molecule has 7 nitrogen and oxygen atoms in total. The molecule has 1 saturated heterocycles. The number of halogens is 1. The number of alkyl halides is 1.